The minimum atomic E-state index is 0. The van der Waals surface area contributed by atoms with Gasteiger partial charge >= 0.3 is 26.2 Å². The maximum Gasteiger partial charge on any atom is 2.00 e. The third-order valence-corrected chi connectivity index (χ3v) is 1.63. The third kappa shape index (κ3) is 6.13. The van der Waals surface area contributed by atoms with Crippen LogP contribution >= 0.6 is 11.6 Å². The second kappa shape index (κ2) is 9.18. The quantitative estimate of drug-likeness (QED) is 0.693. The molecule has 2 rings (SSSR count). The molecule has 0 spiro atoms. The molecule has 0 amide bonds. The molecule has 0 saturated carbocycles. The van der Waals surface area contributed by atoms with E-state index in [1.165, 1.54) is 5.54 Å². The van der Waals surface area contributed by atoms with Crippen molar-refractivity contribution in [2.24, 2.45) is 0 Å². The average Bonchev–Trinajstić information content (AvgIpc) is 2.79. The Balaban J connectivity index is 0.000000246. The minimum Gasteiger partial charge on any atom is -0.214 e. The molecule has 0 nitrogen and oxygen atoms in total. The summed E-state index contributed by atoms with van der Waals surface area (Å²) >= 11 is 5.31. The molecular formula is C12H11ClZr. The molecule has 2 aromatic rings. The van der Waals surface area contributed by atoms with Crippen LogP contribution in [-0.4, -0.2) is 0 Å². The summed E-state index contributed by atoms with van der Waals surface area (Å²) in [4.78, 5) is 0. The molecule has 0 N–H and O–H groups in total. The van der Waals surface area contributed by atoms with Gasteiger partial charge in [-0.2, -0.15) is 41.9 Å². The molecule has 0 saturated heterocycles. The topological polar surface area (TPSA) is 0 Å². The van der Waals surface area contributed by atoms with Crippen molar-refractivity contribution in [2.75, 3.05) is 0 Å². The molecule has 0 atom stereocenters. The molecular weight excluding hydrogens is 271 g/mol. The summed E-state index contributed by atoms with van der Waals surface area (Å²) in [5.41, 5.74) is 2.66. The van der Waals surface area contributed by atoms with Gasteiger partial charge in [0.25, 0.3) is 0 Å². The van der Waals surface area contributed by atoms with Gasteiger partial charge in [-0.25, -0.2) is 12.1 Å². The number of rotatable bonds is 1. The van der Waals surface area contributed by atoms with Crippen LogP contribution in [0.15, 0.2) is 60.1 Å². The van der Waals surface area contributed by atoms with Crippen molar-refractivity contribution in [3.63, 3.8) is 0 Å². The summed E-state index contributed by atoms with van der Waals surface area (Å²) in [5.74, 6) is 0. The van der Waals surface area contributed by atoms with Crippen molar-refractivity contribution in [1.29, 1.82) is 0 Å². The van der Waals surface area contributed by atoms with E-state index in [0.717, 1.165) is 5.56 Å². The predicted octanol–water partition coefficient (Wildman–Crippen LogP) is 4.02. The van der Waals surface area contributed by atoms with Crippen molar-refractivity contribution >= 4 is 17.7 Å². The van der Waals surface area contributed by atoms with Crippen LogP contribution in [0, 0.1) is 0 Å². The normalized spacial score (nSPS) is 8.93. The first-order valence-corrected chi connectivity index (χ1v) is 4.52. The SMILES string of the molecule is ClC=C[c-]1cccc1.[Zr+2].c1cc[cH-]c1. The molecule has 0 aliphatic rings. The van der Waals surface area contributed by atoms with E-state index >= 15 is 0 Å². The zero-order valence-electron chi connectivity index (χ0n) is 7.73. The molecule has 0 aliphatic heterocycles. The summed E-state index contributed by atoms with van der Waals surface area (Å²) in [7, 11) is 0. The Morgan fingerprint density at radius 2 is 1.57 bits per heavy atom. The standard InChI is InChI=1S/C7H6Cl.C5H5.Zr/c8-6-5-7-3-1-2-4-7;1-2-4-5-3-1;/h1-6H;1-5H;/q2*-1;+2. The summed E-state index contributed by atoms with van der Waals surface area (Å²) in [6.07, 6.45) is 1.85. The summed E-state index contributed by atoms with van der Waals surface area (Å²) in [6.45, 7) is 0. The minimum absolute atomic E-state index is 0. The second-order valence-electron chi connectivity index (χ2n) is 2.47. The van der Waals surface area contributed by atoms with Gasteiger partial charge in [0.2, 0.25) is 0 Å². The fraction of sp³-hybridized carbons (Fsp3) is 0. The van der Waals surface area contributed by atoms with Gasteiger partial charge in [-0.1, -0.05) is 5.54 Å². The Bertz CT molecular complexity index is 289. The van der Waals surface area contributed by atoms with Crippen LogP contribution in [0.25, 0.3) is 6.08 Å². The monoisotopic (exact) mass is 280 g/mol. The molecule has 0 unspecified atom stereocenters. The van der Waals surface area contributed by atoms with Gasteiger partial charge in [-0.15, -0.1) is 23.8 Å². The molecule has 2 heteroatoms. The second-order valence-corrected chi connectivity index (χ2v) is 2.73. The Kier molecular flexibility index (Phi) is 8.93. The van der Waals surface area contributed by atoms with Crippen molar-refractivity contribution in [3.05, 3.63) is 65.7 Å². The molecule has 0 aromatic heterocycles. The summed E-state index contributed by atoms with van der Waals surface area (Å²) in [6, 6.07) is 18.0. The van der Waals surface area contributed by atoms with E-state index in [-0.39, 0.29) is 26.2 Å². The van der Waals surface area contributed by atoms with Gasteiger partial charge in [-0.3, -0.25) is 0 Å². The maximum absolute atomic E-state index is 5.31. The molecule has 0 fully saturated rings. The van der Waals surface area contributed by atoms with E-state index in [4.69, 9.17) is 11.6 Å². The van der Waals surface area contributed by atoms with E-state index in [0.29, 0.717) is 0 Å². The molecule has 14 heavy (non-hydrogen) atoms. The first-order valence-electron chi connectivity index (χ1n) is 4.08. The predicted molar refractivity (Wildman–Crippen MR) is 59.0 cm³/mol. The van der Waals surface area contributed by atoms with E-state index in [2.05, 4.69) is 0 Å². The third-order valence-electron chi connectivity index (χ3n) is 1.50. The van der Waals surface area contributed by atoms with Gasteiger partial charge in [0.05, 0.1) is 0 Å². The fourth-order valence-electron chi connectivity index (χ4n) is 0.893. The molecule has 0 aliphatic carbocycles. The zero-order chi connectivity index (χ0) is 9.36. The average molecular weight is 282 g/mol. The largest absolute Gasteiger partial charge is 2.00 e. The van der Waals surface area contributed by atoms with E-state index in [9.17, 15) is 0 Å². The van der Waals surface area contributed by atoms with Crippen LogP contribution in [-0.2, 0) is 26.2 Å². The Morgan fingerprint density at radius 3 is 1.93 bits per heavy atom. The Morgan fingerprint density at radius 1 is 1.00 bits per heavy atom. The first kappa shape index (κ1) is 13.6. The molecule has 2 aromatic carbocycles. The van der Waals surface area contributed by atoms with Gasteiger partial charge < -0.3 is 0 Å². The van der Waals surface area contributed by atoms with Crippen LogP contribution < -0.4 is 0 Å². The van der Waals surface area contributed by atoms with Crippen molar-refractivity contribution in [2.45, 2.75) is 0 Å². The van der Waals surface area contributed by atoms with Crippen LogP contribution in [0.4, 0.5) is 0 Å². The van der Waals surface area contributed by atoms with Crippen LogP contribution in [0.5, 0.6) is 0 Å². The molecule has 0 heterocycles. The fourth-order valence-corrected chi connectivity index (χ4v) is 1.04. The Hall–Kier alpha value is -0.387. The van der Waals surface area contributed by atoms with Gasteiger partial charge in [0.1, 0.15) is 0 Å². The zero-order valence-corrected chi connectivity index (χ0v) is 10.9. The van der Waals surface area contributed by atoms with E-state index < -0.39 is 0 Å². The van der Waals surface area contributed by atoms with E-state index in [1.807, 2.05) is 60.7 Å². The number of hydrogen-bond donors (Lipinski definition) is 0. The number of hydrogen-bond acceptors (Lipinski definition) is 0. The van der Waals surface area contributed by atoms with Gasteiger partial charge in [-0.05, 0) is 0 Å². The van der Waals surface area contributed by atoms with Crippen LogP contribution in [0.2, 0.25) is 0 Å². The first-order chi connectivity index (χ1) is 6.43. The van der Waals surface area contributed by atoms with Gasteiger partial charge in [0, 0.05) is 0 Å². The summed E-state index contributed by atoms with van der Waals surface area (Å²) in [5, 5.41) is 0. The smallest absolute Gasteiger partial charge is 0.214 e. The van der Waals surface area contributed by atoms with Crippen molar-refractivity contribution < 1.29 is 26.2 Å². The van der Waals surface area contributed by atoms with Gasteiger partial charge in [0.15, 0.2) is 0 Å². The summed E-state index contributed by atoms with van der Waals surface area (Å²) < 4.78 is 0. The molecule has 0 radical (unpaired) electrons. The molecule has 70 valence electrons. The van der Waals surface area contributed by atoms with Crippen LogP contribution in [0.3, 0.4) is 0 Å². The van der Waals surface area contributed by atoms with Crippen LogP contribution in [0.1, 0.15) is 5.56 Å². The molecule has 0 bridgehead atoms. The van der Waals surface area contributed by atoms with Crippen molar-refractivity contribution in [3.8, 4) is 0 Å². The maximum atomic E-state index is 5.31. The Labute approximate surface area is 109 Å². The van der Waals surface area contributed by atoms with Crippen molar-refractivity contribution in [1.82, 2.24) is 0 Å². The van der Waals surface area contributed by atoms with E-state index in [1.54, 1.807) is 0 Å². The number of halogens is 1.